The third-order valence-electron chi connectivity index (χ3n) is 6.60. The summed E-state index contributed by atoms with van der Waals surface area (Å²) < 4.78 is 35.2. The van der Waals surface area contributed by atoms with E-state index in [9.17, 15) is 14.4 Å². The number of benzene rings is 2. The number of ether oxygens (including phenoxy) is 6. The molecule has 0 saturated carbocycles. The zero-order valence-electron chi connectivity index (χ0n) is 25.5. The molecule has 1 aliphatic rings. The van der Waals surface area contributed by atoms with Gasteiger partial charge >= 0.3 is 11.9 Å². The van der Waals surface area contributed by atoms with Gasteiger partial charge in [0.05, 0.1) is 49.3 Å². The van der Waals surface area contributed by atoms with Crippen LogP contribution in [0.2, 0.25) is 0 Å². The molecule has 45 heavy (non-hydrogen) atoms. The zero-order chi connectivity index (χ0) is 32.7. The van der Waals surface area contributed by atoms with Crippen LogP contribution in [-0.2, 0) is 19.1 Å². The van der Waals surface area contributed by atoms with E-state index in [0.717, 1.165) is 0 Å². The van der Waals surface area contributed by atoms with Crippen LogP contribution in [0.5, 0.6) is 23.0 Å². The Hall–Kier alpha value is -4.36. The summed E-state index contributed by atoms with van der Waals surface area (Å²) in [5, 5.41) is 0. The molecule has 238 valence electrons. The van der Waals surface area contributed by atoms with E-state index < -0.39 is 18.0 Å². The fourth-order valence-corrected chi connectivity index (χ4v) is 6.08. The summed E-state index contributed by atoms with van der Waals surface area (Å²) in [5.74, 6) is 0.478. The quantitative estimate of drug-likeness (QED) is 0.192. The minimum absolute atomic E-state index is 0.139. The molecule has 0 bridgehead atoms. The fraction of sp³-hybridized carbons (Fsp3) is 0.312. The topological polar surface area (TPSA) is 124 Å². The summed E-state index contributed by atoms with van der Waals surface area (Å²) in [6.07, 6.45) is 3.36. The Labute approximate surface area is 272 Å². The molecule has 0 saturated heterocycles. The molecule has 0 radical (unpaired) electrons. The van der Waals surface area contributed by atoms with Gasteiger partial charge in [0.15, 0.2) is 34.4 Å². The highest BCUT2D eigenvalue weighted by Crippen LogP contribution is 2.37. The van der Waals surface area contributed by atoms with Crippen LogP contribution >= 0.6 is 27.3 Å². The zero-order valence-corrected chi connectivity index (χ0v) is 27.9. The second-order valence-electron chi connectivity index (χ2n) is 9.43. The van der Waals surface area contributed by atoms with Crippen LogP contribution in [0.1, 0.15) is 37.9 Å². The van der Waals surface area contributed by atoms with E-state index in [4.69, 9.17) is 23.7 Å². The van der Waals surface area contributed by atoms with E-state index in [-0.39, 0.29) is 24.3 Å². The lowest BCUT2D eigenvalue weighted by Gasteiger charge is -2.25. The molecule has 1 aromatic heterocycles. The summed E-state index contributed by atoms with van der Waals surface area (Å²) >= 11 is 4.76. The molecule has 3 aromatic rings. The molecule has 0 spiro atoms. The highest BCUT2D eigenvalue weighted by Gasteiger charge is 2.34. The fourth-order valence-electron chi connectivity index (χ4n) is 4.61. The number of carbonyl (C=O) groups is 2. The van der Waals surface area contributed by atoms with Gasteiger partial charge in [-0.3, -0.25) is 9.36 Å². The minimum Gasteiger partial charge on any atom is -0.493 e. The SMILES string of the molecule is C=CCOc1cc(Br)c(/C=c2\sc3n(c2=O)[C@H](c2ccc(OCC(=O)OC)c(OCC)c2)C(C(=O)OCC)=C(C)N=3)cc1OC. The molecule has 0 amide bonds. The largest absolute Gasteiger partial charge is 0.493 e. The smallest absolute Gasteiger partial charge is 0.343 e. The summed E-state index contributed by atoms with van der Waals surface area (Å²) in [4.78, 5) is 44.2. The number of hydrogen-bond acceptors (Lipinski definition) is 11. The molecular formula is C32H33BrN2O9S. The number of methoxy groups -OCH3 is 2. The van der Waals surface area contributed by atoms with Gasteiger partial charge in [0.25, 0.3) is 5.56 Å². The maximum absolute atomic E-state index is 14.1. The molecule has 0 aliphatic carbocycles. The Balaban J connectivity index is 1.90. The lowest BCUT2D eigenvalue weighted by atomic mass is 9.95. The van der Waals surface area contributed by atoms with Crippen molar-refractivity contribution in [3.63, 3.8) is 0 Å². The number of allylic oxidation sites excluding steroid dienone is 1. The van der Waals surface area contributed by atoms with Gasteiger partial charge in [-0.15, -0.1) is 0 Å². The van der Waals surface area contributed by atoms with Crippen molar-refractivity contribution in [2.75, 3.05) is 40.6 Å². The second kappa shape index (κ2) is 15.1. The van der Waals surface area contributed by atoms with Crippen molar-refractivity contribution >= 4 is 45.3 Å². The van der Waals surface area contributed by atoms with Crippen LogP contribution in [0.4, 0.5) is 0 Å². The molecule has 1 atom stereocenters. The Morgan fingerprint density at radius 2 is 1.80 bits per heavy atom. The molecule has 0 fully saturated rings. The van der Waals surface area contributed by atoms with Gasteiger partial charge in [0.1, 0.15) is 6.61 Å². The van der Waals surface area contributed by atoms with Gasteiger partial charge < -0.3 is 28.4 Å². The molecule has 2 aromatic carbocycles. The Morgan fingerprint density at radius 1 is 1.04 bits per heavy atom. The monoisotopic (exact) mass is 700 g/mol. The average molecular weight is 702 g/mol. The normalized spacial score (nSPS) is 14.3. The van der Waals surface area contributed by atoms with E-state index in [0.29, 0.717) is 66.8 Å². The molecule has 0 N–H and O–H groups in total. The lowest BCUT2D eigenvalue weighted by Crippen LogP contribution is -2.40. The lowest BCUT2D eigenvalue weighted by molar-refractivity contribution is -0.143. The molecule has 0 unspecified atom stereocenters. The Bertz CT molecular complexity index is 1830. The summed E-state index contributed by atoms with van der Waals surface area (Å²) in [5.41, 5.74) is 1.50. The van der Waals surface area contributed by atoms with Crippen molar-refractivity contribution in [2.45, 2.75) is 26.8 Å². The van der Waals surface area contributed by atoms with Gasteiger partial charge in [0.2, 0.25) is 0 Å². The number of fused-ring (bicyclic) bond motifs is 1. The Morgan fingerprint density at radius 3 is 2.47 bits per heavy atom. The van der Waals surface area contributed by atoms with Crippen LogP contribution in [0.15, 0.2) is 68.5 Å². The van der Waals surface area contributed by atoms with Crippen LogP contribution < -0.4 is 33.8 Å². The van der Waals surface area contributed by atoms with E-state index in [1.165, 1.54) is 30.1 Å². The van der Waals surface area contributed by atoms with Gasteiger partial charge in [-0.25, -0.2) is 14.6 Å². The summed E-state index contributed by atoms with van der Waals surface area (Å²) in [6.45, 7) is 9.31. The van der Waals surface area contributed by atoms with E-state index >= 15 is 0 Å². The number of esters is 2. The third-order valence-corrected chi connectivity index (χ3v) is 8.27. The first-order valence-electron chi connectivity index (χ1n) is 13.9. The van der Waals surface area contributed by atoms with E-state index in [1.807, 2.05) is 0 Å². The van der Waals surface area contributed by atoms with Gasteiger partial charge in [0, 0.05) is 4.47 Å². The van der Waals surface area contributed by atoms with Crippen molar-refractivity contribution in [3.8, 4) is 23.0 Å². The first-order chi connectivity index (χ1) is 21.7. The highest BCUT2D eigenvalue weighted by molar-refractivity contribution is 9.10. The molecule has 2 heterocycles. The minimum atomic E-state index is -0.885. The first-order valence-corrected chi connectivity index (χ1v) is 15.5. The molecular weight excluding hydrogens is 668 g/mol. The third kappa shape index (κ3) is 7.31. The van der Waals surface area contributed by atoms with E-state index in [1.54, 1.807) is 63.3 Å². The van der Waals surface area contributed by atoms with Crippen molar-refractivity contribution < 1.29 is 38.0 Å². The van der Waals surface area contributed by atoms with Crippen molar-refractivity contribution in [3.05, 3.63) is 89.5 Å². The summed E-state index contributed by atoms with van der Waals surface area (Å²) in [6, 6.07) is 7.64. The number of nitrogens with zero attached hydrogens (tertiary/aromatic N) is 2. The number of carbonyl (C=O) groups excluding carboxylic acids is 2. The number of rotatable bonds is 13. The van der Waals surface area contributed by atoms with Gasteiger partial charge in [-0.1, -0.05) is 46.0 Å². The summed E-state index contributed by atoms with van der Waals surface area (Å²) in [7, 11) is 2.80. The predicted molar refractivity (Wildman–Crippen MR) is 172 cm³/mol. The highest BCUT2D eigenvalue weighted by atomic mass is 79.9. The number of halogens is 1. The van der Waals surface area contributed by atoms with Crippen molar-refractivity contribution in [1.82, 2.24) is 4.57 Å². The molecule has 4 rings (SSSR count). The van der Waals surface area contributed by atoms with Crippen LogP contribution in [0, 0.1) is 0 Å². The molecule has 13 heteroatoms. The van der Waals surface area contributed by atoms with Gasteiger partial charge in [-0.2, -0.15) is 0 Å². The molecule has 11 nitrogen and oxygen atoms in total. The number of aromatic nitrogens is 1. The van der Waals surface area contributed by atoms with Crippen molar-refractivity contribution in [1.29, 1.82) is 0 Å². The standard InChI is InChI=1S/C32H33BrN2O9S/c1-7-12-43-25-16-21(33)20(14-23(25)39-5)15-26-30(37)35-29(28(31(38)42-9-3)18(4)34-32(35)45-26)19-10-11-22(24(13-19)41-8-2)44-17-27(36)40-6/h7,10-11,13-16,29H,1,8-9,12,17H2,2-6H3/b26-15-/t29-/m1/s1. The maximum Gasteiger partial charge on any atom is 0.343 e. The van der Waals surface area contributed by atoms with Crippen LogP contribution in [0.25, 0.3) is 6.08 Å². The van der Waals surface area contributed by atoms with E-state index in [2.05, 4.69) is 32.2 Å². The van der Waals surface area contributed by atoms with Crippen molar-refractivity contribution in [2.24, 2.45) is 4.99 Å². The van der Waals surface area contributed by atoms with Gasteiger partial charge in [-0.05, 0) is 62.2 Å². The number of hydrogen-bond donors (Lipinski definition) is 0. The Kier molecular flexibility index (Phi) is 11.2. The first kappa shape index (κ1) is 33.5. The average Bonchev–Trinajstić information content (AvgIpc) is 3.33. The number of thiazole rings is 1. The maximum atomic E-state index is 14.1. The molecule has 1 aliphatic heterocycles. The second-order valence-corrected chi connectivity index (χ2v) is 11.3. The van der Waals surface area contributed by atoms with Crippen LogP contribution in [-0.4, -0.2) is 57.2 Å². The predicted octanol–water partition coefficient (Wildman–Crippen LogP) is 4.08. The van der Waals surface area contributed by atoms with Crippen LogP contribution in [0.3, 0.4) is 0 Å².